The van der Waals surface area contributed by atoms with Crippen LogP contribution >= 0.6 is 0 Å². The van der Waals surface area contributed by atoms with E-state index < -0.39 is 30.1 Å². The Hall–Kier alpha value is -1.55. The number of fused-ring (bicyclic) bond motifs is 2. The van der Waals surface area contributed by atoms with Crippen molar-refractivity contribution in [2.45, 2.75) is 52.8 Å². The van der Waals surface area contributed by atoms with E-state index in [1.165, 1.54) is 12.1 Å². The summed E-state index contributed by atoms with van der Waals surface area (Å²) in [7, 11) is 0. The summed E-state index contributed by atoms with van der Waals surface area (Å²) >= 11 is -3.11. The Labute approximate surface area is 179 Å². The van der Waals surface area contributed by atoms with Crippen LogP contribution in [0, 0.1) is 0 Å². The Bertz CT molecular complexity index is 941. The Kier molecular flexibility index (Phi) is 5.67. The van der Waals surface area contributed by atoms with Crippen LogP contribution in [0.4, 0.5) is 30.5 Å². The molecule has 1 aromatic heterocycles. The van der Waals surface area contributed by atoms with Crippen molar-refractivity contribution in [1.82, 2.24) is 15.3 Å². The molecule has 2 aliphatic heterocycles. The topological polar surface area (TPSA) is 53.1 Å². The van der Waals surface area contributed by atoms with Crippen molar-refractivity contribution < 1.29 is 13.2 Å². The van der Waals surface area contributed by atoms with Gasteiger partial charge in [0.25, 0.3) is 0 Å². The molecule has 0 spiro atoms. The van der Waals surface area contributed by atoms with E-state index in [1.807, 2.05) is 20.9 Å². The first-order chi connectivity index (χ1) is 14.1. The molecule has 2 unspecified atom stereocenters. The first kappa shape index (κ1) is 21.7. The molecule has 0 radical (unpaired) electrons. The number of hydrogen-bond acceptors (Lipinski definition) is 5. The second kappa shape index (κ2) is 7.85. The molecule has 2 atom stereocenters. The minimum absolute atomic E-state index is 0.199. The third-order valence-electron chi connectivity index (χ3n) is 5.91. The minimum atomic E-state index is -4.43. The second-order valence-corrected chi connectivity index (χ2v) is 23.4. The molecule has 3 heterocycles. The van der Waals surface area contributed by atoms with Crippen molar-refractivity contribution >= 4 is 39.4 Å². The Morgan fingerprint density at radius 1 is 1.27 bits per heavy atom. The van der Waals surface area contributed by atoms with E-state index in [-0.39, 0.29) is 9.66 Å². The van der Waals surface area contributed by atoms with Crippen molar-refractivity contribution in [1.29, 1.82) is 0 Å². The van der Waals surface area contributed by atoms with Crippen molar-refractivity contribution in [3.8, 4) is 0 Å². The number of nitrogens with one attached hydrogen (secondary N) is 2. The van der Waals surface area contributed by atoms with Gasteiger partial charge in [0.15, 0.2) is 0 Å². The molecule has 2 N–H and O–H groups in total. The molecule has 2 saturated heterocycles. The zero-order chi connectivity index (χ0) is 21.7. The van der Waals surface area contributed by atoms with Crippen molar-refractivity contribution in [2.75, 3.05) is 23.3 Å². The van der Waals surface area contributed by atoms with Crippen LogP contribution in [-0.2, 0) is 12.6 Å². The summed E-state index contributed by atoms with van der Waals surface area (Å²) in [6, 6.07) is 7.36. The normalized spacial score (nSPS) is 21.4. The van der Waals surface area contributed by atoms with Crippen LogP contribution in [0.1, 0.15) is 24.5 Å². The maximum absolute atomic E-state index is 13.4. The molecule has 2 bridgehead atoms. The van der Waals surface area contributed by atoms with Gasteiger partial charge in [0.1, 0.15) is 0 Å². The fourth-order valence-corrected chi connectivity index (χ4v) is 8.55. The zero-order valence-corrected chi connectivity index (χ0v) is 20.6. The summed E-state index contributed by atoms with van der Waals surface area (Å²) in [6.45, 7) is 4.12. The quantitative estimate of drug-likeness (QED) is 0.580. The van der Waals surface area contributed by atoms with Gasteiger partial charge in [-0.3, -0.25) is 0 Å². The van der Waals surface area contributed by atoms with Gasteiger partial charge in [0.2, 0.25) is 0 Å². The van der Waals surface area contributed by atoms with E-state index in [0.29, 0.717) is 12.1 Å². The number of aryl methyl sites for hydroxylation is 1. The van der Waals surface area contributed by atoms with E-state index in [1.54, 1.807) is 0 Å². The van der Waals surface area contributed by atoms with Crippen molar-refractivity contribution in [3.63, 3.8) is 0 Å². The van der Waals surface area contributed by atoms with Crippen LogP contribution in [0.25, 0.3) is 0 Å². The molecule has 0 aliphatic carbocycles. The number of aromatic nitrogens is 2. The number of alkyl halides is 3. The fraction of sp³-hybridized carbons (Fsp3) is 0.524. The first-order valence-electron chi connectivity index (χ1n) is 10.4. The van der Waals surface area contributed by atoms with Gasteiger partial charge in [-0.1, -0.05) is 0 Å². The number of nitrogens with zero attached hydrogens (tertiary/aromatic N) is 3. The third kappa shape index (κ3) is 4.25. The number of halogens is 3. The zero-order valence-electron chi connectivity index (χ0n) is 17.8. The van der Waals surface area contributed by atoms with Gasteiger partial charge < -0.3 is 0 Å². The molecule has 30 heavy (non-hydrogen) atoms. The summed E-state index contributed by atoms with van der Waals surface area (Å²) in [5, 5.41) is 6.69. The number of anilines is 3. The molecule has 2 aromatic rings. The maximum atomic E-state index is 13.4. The van der Waals surface area contributed by atoms with E-state index in [4.69, 9.17) is 0 Å². The Morgan fingerprint density at radius 2 is 2.03 bits per heavy atom. The van der Waals surface area contributed by atoms with Crippen LogP contribution in [0.2, 0.25) is 14.8 Å². The Balaban J connectivity index is 1.62. The molecule has 162 valence electrons. The number of rotatable bonds is 5. The average molecular weight is 526 g/mol. The molecule has 2 aliphatic rings. The van der Waals surface area contributed by atoms with E-state index >= 15 is 0 Å². The Morgan fingerprint density at radius 3 is 2.60 bits per heavy atom. The molecule has 0 amide bonds. The van der Waals surface area contributed by atoms with Gasteiger partial charge in [-0.05, 0) is 0 Å². The summed E-state index contributed by atoms with van der Waals surface area (Å²) in [5.74, 6) is 0.233. The second-order valence-electron chi connectivity index (χ2n) is 9.17. The summed E-state index contributed by atoms with van der Waals surface area (Å²) < 4.78 is 40.5. The third-order valence-corrected chi connectivity index (χ3v) is 11.1. The van der Waals surface area contributed by atoms with Gasteiger partial charge >= 0.3 is 180 Å². The standard InChI is InChI=1S/C18H19F3N5.3CH3.Sn/c1-2-11-5-14(26-10-13-6-15(26)9-22-13)3-4-16(11)25-17-23-7-12(8-24-17)18(19,20)21;;;;/h3-5,7,13,15,22H,2,6,9-10H2,1H3,(H,23,24,25);3*1H3;. The van der Waals surface area contributed by atoms with E-state index in [0.717, 1.165) is 37.0 Å². The number of benzene rings is 1. The van der Waals surface area contributed by atoms with Gasteiger partial charge in [-0.2, -0.15) is 0 Å². The number of hydrogen-bond donors (Lipinski definition) is 2. The molecule has 0 saturated carbocycles. The SMILES string of the molecule is CCc1cc(N2CC3CC2CN3)ccc1Nc1ncc(C(F)(F)F)[c]([Sn]([CH3])([CH3])[CH3])n1. The van der Waals surface area contributed by atoms with Crippen molar-refractivity contribution in [3.05, 3.63) is 35.5 Å². The number of piperazine rings is 1. The molecule has 9 heteroatoms. The first-order valence-corrected chi connectivity index (χ1v) is 20.4. The van der Waals surface area contributed by atoms with Crippen LogP contribution in [0.15, 0.2) is 24.4 Å². The predicted molar refractivity (Wildman–Crippen MR) is 117 cm³/mol. The predicted octanol–water partition coefficient (Wildman–Crippen LogP) is 3.90. The van der Waals surface area contributed by atoms with Gasteiger partial charge in [0.05, 0.1) is 0 Å². The van der Waals surface area contributed by atoms with Crippen molar-refractivity contribution in [2.24, 2.45) is 0 Å². The summed E-state index contributed by atoms with van der Waals surface area (Å²) in [5.41, 5.74) is 2.46. The van der Waals surface area contributed by atoms with Gasteiger partial charge in [-0.25, -0.2) is 0 Å². The molecular formula is C21H28F3N5Sn. The molecular weight excluding hydrogens is 498 g/mol. The van der Waals surface area contributed by atoms with Gasteiger partial charge in [0, 0.05) is 0 Å². The van der Waals surface area contributed by atoms with E-state index in [9.17, 15) is 13.2 Å². The van der Waals surface area contributed by atoms with Crippen LogP contribution in [0.5, 0.6) is 0 Å². The van der Waals surface area contributed by atoms with Crippen LogP contribution in [0.3, 0.4) is 0 Å². The van der Waals surface area contributed by atoms with Crippen LogP contribution in [-0.4, -0.2) is 53.5 Å². The molecule has 2 fully saturated rings. The van der Waals surface area contributed by atoms with E-state index in [2.05, 4.69) is 44.6 Å². The summed E-state index contributed by atoms with van der Waals surface area (Å²) in [6.07, 6.45) is -1.51. The average Bonchev–Trinajstić information content (AvgIpc) is 3.30. The molecule has 5 nitrogen and oxygen atoms in total. The van der Waals surface area contributed by atoms with Crippen LogP contribution < -0.4 is 19.2 Å². The fourth-order valence-electron chi connectivity index (χ4n) is 4.39. The molecule has 1 aromatic carbocycles. The monoisotopic (exact) mass is 527 g/mol. The summed E-state index contributed by atoms with van der Waals surface area (Å²) in [4.78, 5) is 16.6. The molecule has 4 rings (SSSR count). The van der Waals surface area contributed by atoms with Gasteiger partial charge in [-0.15, -0.1) is 0 Å².